The van der Waals surface area contributed by atoms with Gasteiger partial charge in [-0.15, -0.1) is 0 Å². The number of aliphatic imine (C=N–C) groups is 1. The van der Waals surface area contributed by atoms with E-state index in [4.69, 9.17) is 4.99 Å². The van der Waals surface area contributed by atoms with Crippen LogP contribution in [-0.2, 0) is 16.1 Å². The number of fused-ring (bicyclic) bond motifs is 1. The van der Waals surface area contributed by atoms with E-state index in [9.17, 15) is 4.79 Å². The molecule has 0 bridgehead atoms. The zero-order valence-electron chi connectivity index (χ0n) is 16.3. The molecule has 146 valence electrons. The van der Waals surface area contributed by atoms with Crippen LogP contribution in [0.4, 0.5) is 0 Å². The molecule has 30 heavy (non-hydrogen) atoms. The maximum Gasteiger partial charge on any atom is 0.263 e. The highest BCUT2D eigenvalue weighted by Gasteiger charge is 2.46. The van der Waals surface area contributed by atoms with Crippen molar-refractivity contribution in [2.24, 2.45) is 4.99 Å². The van der Waals surface area contributed by atoms with Crippen molar-refractivity contribution in [1.29, 1.82) is 0 Å². The Kier molecular flexibility index (Phi) is 4.85. The second-order valence-electron chi connectivity index (χ2n) is 7.24. The van der Waals surface area contributed by atoms with Crippen LogP contribution >= 0.6 is 11.8 Å². The van der Waals surface area contributed by atoms with E-state index < -0.39 is 5.54 Å². The van der Waals surface area contributed by atoms with Crippen LogP contribution in [0, 0.1) is 0 Å². The Morgan fingerprint density at radius 1 is 0.733 bits per heavy atom. The summed E-state index contributed by atoms with van der Waals surface area (Å²) in [6.07, 6.45) is 0. The number of carbonyl (C=O) groups excluding carboxylic acids is 1. The molecule has 0 saturated carbocycles. The standard InChI is InChI=1S/C26H20N2OS/c29-24-26(21-13-3-1-4-14-21,22-15-5-2-6-16-22)28-25(27-24)30-18-20-12-9-11-19-10-7-8-17-23(19)20/h1-17H,18H2,(H,27,28,29). The average molecular weight is 409 g/mol. The molecule has 1 N–H and O–H groups in total. The van der Waals surface area contributed by atoms with Gasteiger partial charge in [0.1, 0.15) is 0 Å². The van der Waals surface area contributed by atoms with E-state index in [1.807, 2.05) is 60.7 Å². The zero-order valence-corrected chi connectivity index (χ0v) is 17.1. The van der Waals surface area contributed by atoms with E-state index in [1.54, 1.807) is 11.8 Å². The number of thioether (sulfide) groups is 1. The fourth-order valence-corrected chi connectivity index (χ4v) is 4.88. The molecular weight excluding hydrogens is 388 g/mol. The molecule has 0 spiro atoms. The number of carbonyl (C=O) groups is 1. The average Bonchev–Trinajstić information content (AvgIpc) is 3.16. The van der Waals surface area contributed by atoms with Crippen LogP contribution in [0.2, 0.25) is 0 Å². The summed E-state index contributed by atoms with van der Waals surface area (Å²) in [7, 11) is 0. The molecular formula is C26H20N2OS. The van der Waals surface area contributed by atoms with Gasteiger partial charge in [-0.25, -0.2) is 4.99 Å². The van der Waals surface area contributed by atoms with Crippen LogP contribution in [0.25, 0.3) is 10.8 Å². The quantitative estimate of drug-likeness (QED) is 0.484. The van der Waals surface area contributed by atoms with Crippen LogP contribution in [0.1, 0.15) is 16.7 Å². The number of amidine groups is 1. The molecule has 0 radical (unpaired) electrons. The van der Waals surface area contributed by atoms with Gasteiger partial charge in [0.2, 0.25) is 0 Å². The summed E-state index contributed by atoms with van der Waals surface area (Å²) in [6.45, 7) is 0. The lowest BCUT2D eigenvalue weighted by Crippen LogP contribution is -2.38. The number of rotatable bonds is 4. The van der Waals surface area contributed by atoms with Crippen molar-refractivity contribution in [2.45, 2.75) is 11.3 Å². The Labute approximate surface area is 179 Å². The first kappa shape index (κ1) is 18.6. The third-order valence-corrected chi connectivity index (χ3v) is 6.37. The van der Waals surface area contributed by atoms with Crippen molar-refractivity contribution >= 4 is 33.6 Å². The normalized spacial score (nSPS) is 15.1. The summed E-state index contributed by atoms with van der Waals surface area (Å²) < 4.78 is 0. The molecule has 1 amide bonds. The lowest BCUT2D eigenvalue weighted by Gasteiger charge is -2.24. The van der Waals surface area contributed by atoms with E-state index in [0.717, 1.165) is 16.9 Å². The van der Waals surface area contributed by atoms with Gasteiger partial charge in [0, 0.05) is 5.75 Å². The molecule has 3 nitrogen and oxygen atoms in total. The molecule has 4 aromatic rings. The summed E-state index contributed by atoms with van der Waals surface area (Å²) in [5.74, 6) is 0.625. The summed E-state index contributed by atoms with van der Waals surface area (Å²) in [4.78, 5) is 18.2. The first-order chi connectivity index (χ1) is 14.8. The van der Waals surface area contributed by atoms with Crippen LogP contribution in [0.5, 0.6) is 0 Å². The monoisotopic (exact) mass is 408 g/mol. The molecule has 0 fully saturated rings. The minimum atomic E-state index is -1.05. The first-order valence-electron chi connectivity index (χ1n) is 9.89. The minimum absolute atomic E-state index is 0.111. The van der Waals surface area contributed by atoms with Crippen molar-refractivity contribution in [3.63, 3.8) is 0 Å². The van der Waals surface area contributed by atoms with Gasteiger partial charge in [-0.2, -0.15) is 0 Å². The third kappa shape index (κ3) is 3.19. The molecule has 5 rings (SSSR count). The Morgan fingerprint density at radius 3 is 2.03 bits per heavy atom. The lowest BCUT2D eigenvalue weighted by molar-refractivity contribution is -0.122. The Balaban J connectivity index is 1.51. The molecule has 1 aliphatic heterocycles. The van der Waals surface area contributed by atoms with Gasteiger partial charge in [0.05, 0.1) is 0 Å². The van der Waals surface area contributed by atoms with Gasteiger partial charge in [-0.1, -0.05) is 115 Å². The summed E-state index contributed by atoms with van der Waals surface area (Å²) in [5, 5.41) is 6.14. The highest BCUT2D eigenvalue weighted by atomic mass is 32.2. The van der Waals surface area contributed by atoms with Crippen LogP contribution in [0.15, 0.2) is 108 Å². The Bertz CT molecular complexity index is 1190. The molecule has 0 aromatic heterocycles. The number of amides is 1. The topological polar surface area (TPSA) is 41.5 Å². The SMILES string of the molecule is O=C1NC(SCc2cccc3ccccc23)=NC1(c1ccccc1)c1ccccc1. The fourth-order valence-electron chi connectivity index (χ4n) is 3.97. The third-order valence-electron chi connectivity index (χ3n) is 5.45. The second-order valence-corrected chi connectivity index (χ2v) is 8.20. The molecule has 4 aromatic carbocycles. The highest BCUT2D eigenvalue weighted by Crippen LogP contribution is 2.38. The number of nitrogens with zero attached hydrogens (tertiary/aromatic N) is 1. The smallest absolute Gasteiger partial charge is 0.263 e. The van der Waals surface area contributed by atoms with Gasteiger partial charge in [-0.3, -0.25) is 4.79 Å². The lowest BCUT2D eigenvalue weighted by atomic mass is 9.83. The molecule has 0 atom stereocenters. The fraction of sp³-hybridized carbons (Fsp3) is 0.0769. The Morgan fingerprint density at radius 2 is 1.33 bits per heavy atom. The van der Waals surface area contributed by atoms with Crippen molar-refractivity contribution in [3.05, 3.63) is 120 Å². The highest BCUT2D eigenvalue weighted by molar-refractivity contribution is 8.13. The van der Waals surface area contributed by atoms with Gasteiger partial charge in [0.25, 0.3) is 5.91 Å². The summed E-state index contributed by atoms with van der Waals surface area (Å²) in [6, 6.07) is 34.3. The van der Waals surface area contributed by atoms with E-state index in [1.165, 1.54) is 16.3 Å². The van der Waals surface area contributed by atoms with E-state index in [2.05, 4.69) is 47.8 Å². The molecule has 4 heteroatoms. The number of nitrogens with one attached hydrogen (secondary N) is 1. The van der Waals surface area contributed by atoms with E-state index >= 15 is 0 Å². The molecule has 0 unspecified atom stereocenters. The molecule has 1 heterocycles. The number of hydrogen-bond acceptors (Lipinski definition) is 3. The van der Waals surface area contributed by atoms with E-state index in [-0.39, 0.29) is 5.91 Å². The van der Waals surface area contributed by atoms with Gasteiger partial charge < -0.3 is 5.32 Å². The van der Waals surface area contributed by atoms with E-state index in [0.29, 0.717) is 5.17 Å². The van der Waals surface area contributed by atoms with Gasteiger partial charge in [-0.05, 0) is 27.5 Å². The molecule has 0 saturated heterocycles. The number of benzene rings is 4. The molecule has 1 aliphatic rings. The van der Waals surface area contributed by atoms with Crippen LogP contribution in [-0.4, -0.2) is 11.1 Å². The predicted molar refractivity (Wildman–Crippen MR) is 124 cm³/mol. The summed E-state index contributed by atoms with van der Waals surface area (Å²) in [5.41, 5.74) is 1.92. The van der Waals surface area contributed by atoms with Gasteiger partial charge >= 0.3 is 0 Å². The van der Waals surface area contributed by atoms with Crippen molar-refractivity contribution in [2.75, 3.05) is 0 Å². The summed E-state index contributed by atoms with van der Waals surface area (Å²) >= 11 is 1.57. The van der Waals surface area contributed by atoms with Crippen molar-refractivity contribution < 1.29 is 4.79 Å². The van der Waals surface area contributed by atoms with Crippen molar-refractivity contribution in [1.82, 2.24) is 5.32 Å². The second kappa shape index (κ2) is 7.81. The maximum absolute atomic E-state index is 13.3. The predicted octanol–water partition coefficient (Wildman–Crippen LogP) is 5.50. The zero-order chi connectivity index (χ0) is 20.4. The maximum atomic E-state index is 13.3. The largest absolute Gasteiger partial charge is 0.303 e. The van der Waals surface area contributed by atoms with Crippen molar-refractivity contribution in [3.8, 4) is 0 Å². The minimum Gasteiger partial charge on any atom is -0.303 e. The van der Waals surface area contributed by atoms with Gasteiger partial charge in [0.15, 0.2) is 10.7 Å². The van der Waals surface area contributed by atoms with Crippen LogP contribution < -0.4 is 5.32 Å². The first-order valence-corrected chi connectivity index (χ1v) is 10.9. The number of hydrogen-bond donors (Lipinski definition) is 1. The van der Waals surface area contributed by atoms with Crippen LogP contribution in [0.3, 0.4) is 0 Å². The molecule has 0 aliphatic carbocycles. The Hall–Kier alpha value is -3.37.